The van der Waals surface area contributed by atoms with Gasteiger partial charge in [0.15, 0.2) is 0 Å². The molecule has 3 rings (SSSR count). The smallest absolute Gasteiger partial charge is 0.416 e. The number of methoxy groups -OCH3 is 1. The van der Waals surface area contributed by atoms with Crippen molar-refractivity contribution in [1.29, 1.82) is 0 Å². The molecule has 0 aliphatic heterocycles. The molecular weight excluding hydrogens is 532 g/mol. The zero-order valence-electron chi connectivity index (χ0n) is 22.1. The molecular formula is C29H30F4N2O5. The number of amides is 1. The van der Waals surface area contributed by atoms with E-state index in [1.807, 2.05) is 13.8 Å². The van der Waals surface area contributed by atoms with E-state index in [2.05, 4.69) is 10.6 Å². The average molecular weight is 563 g/mol. The van der Waals surface area contributed by atoms with Crippen LogP contribution < -0.4 is 20.1 Å². The number of hydrogen-bond acceptors (Lipinski definition) is 5. The number of hydrogen-bond donors (Lipinski definition) is 3. The molecule has 0 radical (unpaired) electrons. The normalized spacial score (nSPS) is 12.1. The van der Waals surface area contributed by atoms with Crippen molar-refractivity contribution in [3.8, 4) is 22.6 Å². The third-order valence-electron chi connectivity index (χ3n) is 6.12. The van der Waals surface area contributed by atoms with E-state index in [1.54, 1.807) is 36.4 Å². The molecule has 7 nitrogen and oxygen atoms in total. The number of anilines is 1. The molecule has 214 valence electrons. The number of carbonyl (C=O) groups excluding carboxylic acids is 1. The van der Waals surface area contributed by atoms with Gasteiger partial charge in [-0.2, -0.15) is 13.2 Å². The second kappa shape index (κ2) is 13.2. The SMILES string of the molecule is COc1cc(OCC(Nc2ccc(C(=O)NCCC(=O)O)cc2)C(C)C)ccc1-c1ccc(C(F)(F)F)cc1F. The van der Waals surface area contributed by atoms with E-state index in [1.165, 1.54) is 13.2 Å². The largest absolute Gasteiger partial charge is 0.496 e. The number of alkyl halides is 3. The molecule has 3 aromatic carbocycles. The summed E-state index contributed by atoms with van der Waals surface area (Å²) in [6.45, 7) is 4.28. The lowest BCUT2D eigenvalue weighted by atomic mass is 10.0. The first-order valence-electron chi connectivity index (χ1n) is 12.4. The molecule has 1 atom stereocenters. The molecule has 3 N–H and O–H groups in total. The molecule has 0 saturated heterocycles. The Hall–Kier alpha value is -4.28. The maximum Gasteiger partial charge on any atom is 0.416 e. The summed E-state index contributed by atoms with van der Waals surface area (Å²) in [4.78, 5) is 22.7. The van der Waals surface area contributed by atoms with E-state index in [4.69, 9.17) is 14.6 Å². The van der Waals surface area contributed by atoms with Gasteiger partial charge in [-0.1, -0.05) is 19.9 Å². The van der Waals surface area contributed by atoms with Gasteiger partial charge in [-0.05, 0) is 54.4 Å². The monoisotopic (exact) mass is 562 g/mol. The zero-order chi connectivity index (χ0) is 29.4. The first-order chi connectivity index (χ1) is 18.9. The lowest BCUT2D eigenvalue weighted by molar-refractivity contribution is -0.138. The van der Waals surface area contributed by atoms with Gasteiger partial charge in [0.05, 0.1) is 25.1 Å². The van der Waals surface area contributed by atoms with E-state index in [-0.39, 0.29) is 54.3 Å². The van der Waals surface area contributed by atoms with Crippen LogP contribution in [0.4, 0.5) is 23.2 Å². The molecule has 1 amide bonds. The first kappa shape index (κ1) is 30.3. The van der Waals surface area contributed by atoms with Crippen LogP contribution >= 0.6 is 0 Å². The van der Waals surface area contributed by atoms with Crippen molar-refractivity contribution in [3.63, 3.8) is 0 Å². The van der Waals surface area contributed by atoms with Crippen LogP contribution in [-0.2, 0) is 11.0 Å². The molecule has 1 unspecified atom stereocenters. The minimum Gasteiger partial charge on any atom is -0.496 e. The Morgan fingerprint density at radius 3 is 2.23 bits per heavy atom. The van der Waals surface area contributed by atoms with Crippen molar-refractivity contribution in [2.75, 3.05) is 25.6 Å². The Morgan fingerprint density at radius 2 is 1.65 bits per heavy atom. The first-order valence-corrected chi connectivity index (χ1v) is 12.4. The number of carboxylic acid groups (broad SMARTS) is 1. The molecule has 0 aliphatic rings. The van der Waals surface area contributed by atoms with E-state index in [9.17, 15) is 27.2 Å². The van der Waals surface area contributed by atoms with E-state index in [0.717, 1.165) is 17.8 Å². The summed E-state index contributed by atoms with van der Waals surface area (Å²) >= 11 is 0. The molecule has 0 aliphatic carbocycles. The van der Waals surface area contributed by atoms with Crippen molar-refractivity contribution < 1.29 is 41.7 Å². The predicted octanol–water partition coefficient (Wildman–Crippen LogP) is 6.24. The van der Waals surface area contributed by atoms with Gasteiger partial charge < -0.3 is 25.2 Å². The highest BCUT2D eigenvalue weighted by molar-refractivity contribution is 5.94. The van der Waals surface area contributed by atoms with Gasteiger partial charge in [0.25, 0.3) is 5.91 Å². The highest BCUT2D eigenvalue weighted by Crippen LogP contribution is 2.37. The van der Waals surface area contributed by atoms with Crippen molar-refractivity contribution in [2.45, 2.75) is 32.5 Å². The Morgan fingerprint density at radius 1 is 0.975 bits per heavy atom. The van der Waals surface area contributed by atoms with Crippen molar-refractivity contribution in [3.05, 3.63) is 77.6 Å². The summed E-state index contributed by atoms with van der Waals surface area (Å²) in [5, 5.41) is 14.6. The Bertz CT molecular complexity index is 1330. The number of benzene rings is 3. The fraction of sp³-hybridized carbons (Fsp3) is 0.310. The highest BCUT2D eigenvalue weighted by Gasteiger charge is 2.31. The third-order valence-corrected chi connectivity index (χ3v) is 6.12. The summed E-state index contributed by atoms with van der Waals surface area (Å²) in [5.74, 6) is -1.58. The van der Waals surface area contributed by atoms with Crippen molar-refractivity contribution >= 4 is 17.6 Å². The van der Waals surface area contributed by atoms with Gasteiger partial charge in [0.1, 0.15) is 23.9 Å². The fourth-order valence-electron chi connectivity index (χ4n) is 3.80. The second-order valence-corrected chi connectivity index (χ2v) is 9.34. The van der Waals surface area contributed by atoms with Gasteiger partial charge >= 0.3 is 12.1 Å². The second-order valence-electron chi connectivity index (χ2n) is 9.34. The van der Waals surface area contributed by atoms with Gasteiger partial charge in [0, 0.05) is 35.0 Å². The average Bonchev–Trinajstić information content (AvgIpc) is 2.90. The minimum absolute atomic E-state index is 0.0304. The summed E-state index contributed by atoms with van der Waals surface area (Å²) in [7, 11) is 1.37. The van der Waals surface area contributed by atoms with Gasteiger partial charge in [-0.25, -0.2) is 4.39 Å². The number of nitrogens with one attached hydrogen (secondary N) is 2. The number of aliphatic carboxylic acids is 1. The summed E-state index contributed by atoms with van der Waals surface area (Å²) in [6.07, 6.45) is -4.82. The van der Waals surface area contributed by atoms with Gasteiger partial charge in [-0.15, -0.1) is 0 Å². The molecule has 0 saturated carbocycles. The van der Waals surface area contributed by atoms with Crippen LogP contribution in [0.25, 0.3) is 11.1 Å². The molecule has 0 heterocycles. The van der Waals surface area contributed by atoms with Crippen LogP contribution in [0.2, 0.25) is 0 Å². The summed E-state index contributed by atoms with van der Waals surface area (Å²) < 4.78 is 64.6. The number of ether oxygens (including phenoxy) is 2. The Labute approximate surface area is 229 Å². The number of halogens is 4. The molecule has 0 aromatic heterocycles. The molecule has 0 fully saturated rings. The molecule has 0 bridgehead atoms. The van der Waals surface area contributed by atoms with Crippen molar-refractivity contribution in [1.82, 2.24) is 5.32 Å². The van der Waals surface area contributed by atoms with E-state index >= 15 is 0 Å². The highest BCUT2D eigenvalue weighted by atomic mass is 19.4. The Balaban J connectivity index is 1.67. The van der Waals surface area contributed by atoms with Crippen LogP contribution in [0.3, 0.4) is 0 Å². The third kappa shape index (κ3) is 8.11. The van der Waals surface area contributed by atoms with Crippen LogP contribution in [0.5, 0.6) is 11.5 Å². The van der Waals surface area contributed by atoms with Crippen LogP contribution in [-0.4, -0.2) is 43.3 Å². The van der Waals surface area contributed by atoms with E-state index < -0.39 is 23.5 Å². The number of rotatable bonds is 12. The molecule has 0 spiro atoms. The number of carbonyl (C=O) groups is 2. The fourth-order valence-corrected chi connectivity index (χ4v) is 3.80. The molecule has 40 heavy (non-hydrogen) atoms. The summed E-state index contributed by atoms with van der Waals surface area (Å²) in [5.41, 5.74) is 0.317. The standard InChI is InChI=1S/C29H30F4N2O5/c1-17(2)25(35-20-7-4-18(5-8-20)28(38)34-13-12-27(36)37)16-40-21-9-11-23(26(15-21)39-3)22-10-6-19(14-24(22)30)29(31,32)33/h4-11,14-15,17,25,35H,12-13,16H2,1-3H3,(H,34,38)(H,36,37). The lowest BCUT2D eigenvalue weighted by Gasteiger charge is -2.24. The summed E-state index contributed by atoms with van der Waals surface area (Å²) in [6, 6.07) is 13.6. The van der Waals surface area contributed by atoms with Crippen LogP contribution in [0.15, 0.2) is 60.7 Å². The predicted molar refractivity (Wildman–Crippen MR) is 142 cm³/mol. The molecule has 3 aromatic rings. The maximum atomic E-state index is 14.5. The Kier molecular flexibility index (Phi) is 9.98. The lowest BCUT2D eigenvalue weighted by Crippen LogP contribution is -2.32. The maximum absolute atomic E-state index is 14.5. The minimum atomic E-state index is -4.65. The van der Waals surface area contributed by atoms with Crippen LogP contribution in [0.1, 0.15) is 36.2 Å². The topological polar surface area (TPSA) is 96.9 Å². The molecule has 11 heteroatoms. The van der Waals surface area contributed by atoms with Crippen molar-refractivity contribution in [2.24, 2.45) is 5.92 Å². The number of carboxylic acids is 1. The quantitative estimate of drug-likeness (QED) is 0.226. The van der Waals surface area contributed by atoms with Gasteiger partial charge in [-0.3, -0.25) is 9.59 Å². The van der Waals surface area contributed by atoms with Crippen LogP contribution in [0, 0.1) is 11.7 Å². The zero-order valence-corrected chi connectivity index (χ0v) is 22.1. The van der Waals surface area contributed by atoms with E-state index in [0.29, 0.717) is 17.4 Å². The van der Waals surface area contributed by atoms with Gasteiger partial charge in [0.2, 0.25) is 0 Å².